The molecule has 0 spiro atoms. The van der Waals surface area contributed by atoms with E-state index in [4.69, 9.17) is 4.74 Å². The summed E-state index contributed by atoms with van der Waals surface area (Å²) in [5, 5.41) is 1.01. The van der Waals surface area contributed by atoms with Gasteiger partial charge in [0.05, 0.1) is 40.3 Å². The van der Waals surface area contributed by atoms with Crippen molar-refractivity contribution >= 4 is 33.7 Å². The number of halogens is 2. The first kappa shape index (κ1) is 20.1. The van der Waals surface area contributed by atoms with E-state index in [1.54, 1.807) is 47.0 Å². The summed E-state index contributed by atoms with van der Waals surface area (Å²) >= 11 is 1.24. The molecule has 31 heavy (non-hydrogen) atoms. The van der Waals surface area contributed by atoms with Crippen molar-refractivity contribution in [1.29, 1.82) is 0 Å². The number of alkyl halides is 2. The summed E-state index contributed by atoms with van der Waals surface area (Å²) in [4.78, 5) is 22.2. The van der Waals surface area contributed by atoms with Gasteiger partial charge in [-0.3, -0.25) is 13.9 Å². The van der Waals surface area contributed by atoms with Crippen LogP contribution in [0.3, 0.4) is 0 Å². The molecule has 9 heteroatoms. The molecule has 1 aliphatic heterocycles. The molecule has 0 amide bonds. The number of imidazole rings is 1. The highest BCUT2D eigenvalue weighted by Crippen LogP contribution is 2.28. The van der Waals surface area contributed by atoms with Crippen molar-refractivity contribution in [1.82, 2.24) is 19.1 Å². The molecule has 5 rings (SSSR count). The first-order valence-corrected chi connectivity index (χ1v) is 11.1. The van der Waals surface area contributed by atoms with Gasteiger partial charge in [-0.15, -0.1) is 0 Å². The van der Waals surface area contributed by atoms with Crippen LogP contribution in [0.15, 0.2) is 58.5 Å². The Kier molecular flexibility index (Phi) is 5.45. The smallest absolute Gasteiger partial charge is 0.320 e. The molecular weight excluding hydrogens is 422 g/mol. The molecule has 0 N–H and O–H groups in total. The Balaban J connectivity index is 1.53. The summed E-state index contributed by atoms with van der Waals surface area (Å²) in [6, 6.07) is 14.0. The average Bonchev–Trinajstić information content (AvgIpc) is 3.41. The standard InChI is InChI=1S/C22H20F2N4O2S/c23-21(24)28-18-10-4-3-9-17(18)25-19(28)13-31-22-26-16-8-2-1-7-15(16)20(29)27(22)12-14-6-5-11-30-14/h1-4,7-10,14,21H,5-6,11-13H2. The van der Waals surface area contributed by atoms with Crippen molar-refractivity contribution in [2.24, 2.45) is 0 Å². The Labute approximate surface area is 180 Å². The van der Waals surface area contributed by atoms with Crippen LogP contribution in [-0.2, 0) is 17.0 Å². The minimum absolute atomic E-state index is 0.0503. The highest BCUT2D eigenvalue weighted by atomic mass is 32.2. The number of rotatable bonds is 6. The average molecular weight is 442 g/mol. The minimum Gasteiger partial charge on any atom is -0.376 e. The lowest BCUT2D eigenvalue weighted by atomic mass is 10.2. The summed E-state index contributed by atoms with van der Waals surface area (Å²) in [6.45, 7) is -1.63. The van der Waals surface area contributed by atoms with Gasteiger partial charge in [-0.2, -0.15) is 8.78 Å². The van der Waals surface area contributed by atoms with Gasteiger partial charge in [0.15, 0.2) is 5.16 Å². The van der Waals surface area contributed by atoms with Crippen LogP contribution in [-0.4, -0.2) is 31.8 Å². The van der Waals surface area contributed by atoms with Crippen molar-refractivity contribution in [2.45, 2.75) is 42.9 Å². The van der Waals surface area contributed by atoms with Crippen molar-refractivity contribution < 1.29 is 13.5 Å². The number of aromatic nitrogens is 4. The number of thioether (sulfide) groups is 1. The molecule has 1 saturated heterocycles. The number of hydrogen-bond acceptors (Lipinski definition) is 5. The Hall–Kier alpha value is -2.78. The van der Waals surface area contributed by atoms with E-state index in [1.165, 1.54) is 11.8 Å². The van der Waals surface area contributed by atoms with Gasteiger partial charge < -0.3 is 4.74 Å². The van der Waals surface area contributed by atoms with E-state index in [9.17, 15) is 13.6 Å². The quantitative estimate of drug-likeness (QED) is 0.322. The SMILES string of the molecule is O=c1c2ccccc2nc(SCc2nc3ccccc3n2C(F)F)n1CC1CCCO1. The molecule has 3 heterocycles. The lowest BCUT2D eigenvalue weighted by molar-refractivity contribution is 0.0722. The lowest BCUT2D eigenvalue weighted by Crippen LogP contribution is -2.28. The van der Waals surface area contributed by atoms with Crippen LogP contribution < -0.4 is 5.56 Å². The van der Waals surface area contributed by atoms with Crippen molar-refractivity contribution in [3.63, 3.8) is 0 Å². The minimum atomic E-state index is -2.71. The molecule has 0 aliphatic carbocycles. The maximum atomic E-state index is 13.8. The normalized spacial score (nSPS) is 16.7. The van der Waals surface area contributed by atoms with Gasteiger partial charge in [-0.1, -0.05) is 36.0 Å². The van der Waals surface area contributed by atoms with E-state index >= 15 is 0 Å². The molecule has 0 bridgehead atoms. The number of hydrogen-bond donors (Lipinski definition) is 0. The maximum Gasteiger partial charge on any atom is 0.320 e. The fourth-order valence-corrected chi connectivity index (χ4v) is 4.89. The van der Waals surface area contributed by atoms with E-state index < -0.39 is 6.55 Å². The van der Waals surface area contributed by atoms with Crippen LogP contribution in [0.4, 0.5) is 8.78 Å². The molecule has 1 aliphatic rings. The molecule has 0 radical (unpaired) electrons. The predicted octanol–water partition coefficient (Wildman–Crippen LogP) is 4.61. The third-order valence-corrected chi connectivity index (χ3v) is 6.40. The molecular formula is C22H20F2N4O2S. The van der Waals surface area contributed by atoms with Gasteiger partial charge in [0.2, 0.25) is 0 Å². The van der Waals surface area contributed by atoms with E-state index in [0.717, 1.165) is 17.4 Å². The third kappa shape index (κ3) is 3.83. The van der Waals surface area contributed by atoms with Crippen LogP contribution >= 0.6 is 11.8 Å². The molecule has 0 saturated carbocycles. The monoisotopic (exact) mass is 442 g/mol. The lowest BCUT2D eigenvalue weighted by Gasteiger charge is -2.16. The Morgan fingerprint density at radius 2 is 1.87 bits per heavy atom. The molecule has 1 atom stereocenters. The molecule has 2 aromatic carbocycles. The van der Waals surface area contributed by atoms with Gasteiger partial charge in [0.1, 0.15) is 5.82 Å². The Bertz CT molecular complexity index is 1300. The summed E-state index contributed by atoms with van der Waals surface area (Å²) in [5.74, 6) is 0.405. The second kappa shape index (κ2) is 8.39. The molecule has 160 valence electrons. The fourth-order valence-electron chi connectivity index (χ4n) is 3.95. The Morgan fingerprint density at radius 3 is 2.65 bits per heavy atom. The number of para-hydroxylation sites is 3. The molecule has 2 aromatic heterocycles. The summed E-state index contributed by atoms with van der Waals surface area (Å²) in [6.07, 6.45) is 1.79. The van der Waals surface area contributed by atoms with Crippen molar-refractivity contribution in [3.05, 3.63) is 64.7 Å². The van der Waals surface area contributed by atoms with Crippen molar-refractivity contribution in [3.8, 4) is 0 Å². The van der Waals surface area contributed by atoms with Crippen LogP contribution in [0.5, 0.6) is 0 Å². The van der Waals surface area contributed by atoms with Crippen LogP contribution in [0.1, 0.15) is 25.2 Å². The van der Waals surface area contributed by atoms with E-state index in [1.807, 2.05) is 6.07 Å². The zero-order valence-corrected chi connectivity index (χ0v) is 17.4. The first-order chi connectivity index (χ1) is 15.1. The summed E-state index contributed by atoms with van der Waals surface area (Å²) < 4.78 is 35.8. The third-order valence-electron chi connectivity index (χ3n) is 5.43. The fraction of sp³-hybridized carbons (Fsp3) is 0.318. The summed E-state index contributed by atoms with van der Waals surface area (Å²) in [5.41, 5.74) is 1.34. The van der Waals surface area contributed by atoms with Gasteiger partial charge in [-0.05, 0) is 37.1 Å². The topological polar surface area (TPSA) is 61.9 Å². The van der Waals surface area contributed by atoms with Crippen LogP contribution in [0.2, 0.25) is 0 Å². The molecule has 1 fully saturated rings. The van der Waals surface area contributed by atoms with Crippen LogP contribution in [0, 0.1) is 0 Å². The second-order valence-corrected chi connectivity index (χ2v) is 8.36. The zero-order chi connectivity index (χ0) is 21.4. The highest BCUT2D eigenvalue weighted by molar-refractivity contribution is 7.98. The summed E-state index contributed by atoms with van der Waals surface area (Å²) in [7, 11) is 0. The second-order valence-electron chi connectivity index (χ2n) is 7.42. The van der Waals surface area contributed by atoms with E-state index in [2.05, 4.69) is 9.97 Å². The highest BCUT2D eigenvalue weighted by Gasteiger charge is 2.22. The number of fused-ring (bicyclic) bond motifs is 2. The van der Waals surface area contributed by atoms with E-state index in [-0.39, 0.29) is 23.2 Å². The van der Waals surface area contributed by atoms with Crippen molar-refractivity contribution in [2.75, 3.05) is 6.61 Å². The maximum absolute atomic E-state index is 13.8. The largest absolute Gasteiger partial charge is 0.376 e. The number of nitrogens with zero attached hydrogens (tertiary/aromatic N) is 4. The molecule has 4 aromatic rings. The predicted molar refractivity (Wildman–Crippen MR) is 116 cm³/mol. The first-order valence-electron chi connectivity index (χ1n) is 10.1. The van der Waals surface area contributed by atoms with Gasteiger partial charge in [-0.25, -0.2) is 9.97 Å². The van der Waals surface area contributed by atoms with Gasteiger partial charge in [0.25, 0.3) is 5.56 Å². The van der Waals surface area contributed by atoms with E-state index in [0.29, 0.717) is 40.2 Å². The Morgan fingerprint density at radius 1 is 1.10 bits per heavy atom. The van der Waals surface area contributed by atoms with Gasteiger partial charge in [0, 0.05) is 6.61 Å². The number of ether oxygens (including phenoxy) is 1. The van der Waals surface area contributed by atoms with Crippen LogP contribution in [0.25, 0.3) is 21.9 Å². The zero-order valence-electron chi connectivity index (χ0n) is 16.6. The van der Waals surface area contributed by atoms with Gasteiger partial charge >= 0.3 is 6.55 Å². The molecule has 1 unspecified atom stereocenters. The number of benzene rings is 2. The molecule has 6 nitrogen and oxygen atoms in total.